The van der Waals surface area contributed by atoms with E-state index in [0.29, 0.717) is 11.4 Å². The van der Waals surface area contributed by atoms with Gasteiger partial charge in [-0.3, -0.25) is 4.79 Å². The Bertz CT molecular complexity index is 696. The monoisotopic (exact) mass is 305 g/mol. The Morgan fingerprint density at radius 1 is 1.19 bits per heavy atom. The number of hydrogen-bond donors (Lipinski definition) is 2. The van der Waals surface area contributed by atoms with Gasteiger partial charge in [-0.25, -0.2) is 4.98 Å². The third-order valence-corrected chi connectivity index (χ3v) is 3.91. The zero-order valence-corrected chi connectivity index (χ0v) is 13.5. The minimum Gasteiger partial charge on any atom is -0.310 e. The van der Waals surface area contributed by atoms with E-state index in [2.05, 4.69) is 15.3 Å². The number of hydrogen-bond acceptors (Lipinski definition) is 3. The largest absolute Gasteiger partial charge is 0.310 e. The minimum absolute atomic E-state index is 0.0359. The average Bonchev–Trinajstić information content (AvgIpc) is 2.37. The van der Waals surface area contributed by atoms with E-state index in [0.717, 1.165) is 16.3 Å². The summed E-state index contributed by atoms with van der Waals surface area (Å²) in [7, 11) is 0. The van der Waals surface area contributed by atoms with E-state index in [1.807, 2.05) is 45.0 Å². The summed E-state index contributed by atoms with van der Waals surface area (Å²) in [6, 6.07) is 7.63. The predicted octanol–water partition coefficient (Wildman–Crippen LogP) is 3.45. The fraction of sp³-hybridized carbons (Fsp3) is 0.375. The first kappa shape index (κ1) is 15.7. The first-order valence-corrected chi connectivity index (χ1v) is 7.36. The molecule has 0 saturated heterocycles. The third-order valence-electron chi connectivity index (χ3n) is 3.57. The van der Waals surface area contributed by atoms with Gasteiger partial charge in [0.05, 0.1) is 5.56 Å². The number of nitrogens with one attached hydrogen (secondary N) is 2. The Kier molecular flexibility index (Phi) is 4.80. The van der Waals surface area contributed by atoms with Crippen LogP contribution in [0.5, 0.6) is 0 Å². The normalized spacial score (nSPS) is 14.0. The van der Waals surface area contributed by atoms with Crippen LogP contribution in [0.4, 0.5) is 0 Å². The van der Waals surface area contributed by atoms with Crippen molar-refractivity contribution in [2.24, 2.45) is 0 Å². The van der Waals surface area contributed by atoms with Gasteiger partial charge in [0.25, 0.3) is 5.56 Å². The molecule has 112 valence electrons. The number of aromatic amines is 1. The molecule has 1 aromatic heterocycles. The van der Waals surface area contributed by atoms with Crippen molar-refractivity contribution in [1.82, 2.24) is 15.3 Å². The number of aromatic nitrogens is 2. The van der Waals surface area contributed by atoms with Crippen molar-refractivity contribution < 1.29 is 0 Å². The van der Waals surface area contributed by atoms with Gasteiger partial charge in [0.2, 0.25) is 0 Å². The van der Waals surface area contributed by atoms with Gasteiger partial charge >= 0.3 is 0 Å². The van der Waals surface area contributed by atoms with Crippen LogP contribution in [-0.4, -0.2) is 9.97 Å². The highest BCUT2D eigenvalue weighted by Gasteiger charge is 2.18. The molecular weight excluding hydrogens is 286 g/mol. The molecule has 2 aromatic rings. The first-order chi connectivity index (χ1) is 9.90. The second-order valence-electron chi connectivity index (χ2n) is 5.28. The molecule has 2 N–H and O–H groups in total. The molecule has 1 aromatic carbocycles. The van der Waals surface area contributed by atoms with Gasteiger partial charge in [-0.05, 0) is 39.3 Å². The molecule has 5 heteroatoms. The highest BCUT2D eigenvalue weighted by molar-refractivity contribution is 6.31. The molecule has 4 nitrogen and oxygen atoms in total. The van der Waals surface area contributed by atoms with Gasteiger partial charge in [-0.1, -0.05) is 29.8 Å². The summed E-state index contributed by atoms with van der Waals surface area (Å²) in [5.41, 5.74) is 2.34. The standard InChI is InChI=1S/C16H20ClN3O/c1-9(13-7-5-6-8-14(13)17)18-10(2)15-11(3)19-12(4)20-16(15)21/h5-10,18H,1-4H3,(H,19,20,21). The van der Waals surface area contributed by atoms with Crippen LogP contribution < -0.4 is 10.9 Å². The zero-order valence-electron chi connectivity index (χ0n) is 12.7. The Balaban J connectivity index is 2.25. The minimum atomic E-state index is -0.117. The Labute approximate surface area is 129 Å². The molecule has 0 aliphatic heterocycles. The number of H-pyrrole nitrogens is 1. The molecule has 0 amide bonds. The maximum Gasteiger partial charge on any atom is 0.255 e. The maximum atomic E-state index is 12.1. The highest BCUT2D eigenvalue weighted by Crippen LogP contribution is 2.24. The lowest BCUT2D eigenvalue weighted by molar-refractivity contribution is 0.488. The first-order valence-electron chi connectivity index (χ1n) is 6.98. The summed E-state index contributed by atoms with van der Waals surface area (Å²) in [6.45, 7) is 7.63. The van der Waals surface area contributed by atoms with Crippen molar-refractivity contribution in [3.05, 3.63) is 62.3 Å². The Morgan fingerprint density at radius 3 is 2.48 bits per heavy atom. The molecule has 0 radical (unpaired) electrons. The van der Waals surface area contributed by atoms with Crippen LogP contribution >= 0.6 is 11.6 Å². The average molecular weight is 306 g/mol. The molecular formula is C16H20ClN3O. The van der Waals surface area contributed by atoms with Crippen molar-refractivity contribution >= 4 is 11.6 Å². The second-order valence-corrected chi connectivity index (χ2v) is 5.69. The van der Waals surface area contributed by atoms with Crippen molar-refractivity contribution in [1.29, 1.82) is 0 Å². The molecule has 0 aliphatic rings. The molecule has 0 bridgehead atoms. The van der Waals surface area contributed by atoms with E-state index in [1.165, 1.54) is 0 Å². The third kappa shape index (κ3) is 3.52. The Morgan fingerprint density at radius 2 is 1.86 bits per heavy atom. The van der Waals surface area contributed by atoms with Crippen LogP contribution in [0.1, 0.15) is 48.6 Å². The molecule has 0 saturated carbocycles. The molecule has 0 aliphatic carbocycles. The van der Waals surface area contributed by atoms with E-state index in [4.69, 9.17) is 11.6 Å². The lowest BCUT2D eigenvalue weighted by Crippen LogP contribution is -2.29. The Hall–Kier alpha value is -1.65. The van der Waals surface area contributed by atoms with Gasteiger partial charge < -0.3 is 10.3 Å². The second kappa shape index (κ2) is 6.41. The van der Waals surface area contributed by atoms with Crippen LogP contribution in [-0.2, 0) is 0 Å². The lowest BCUT2D eigenvalue weighted by atomic mass is 10.0. The van der Waals surface area contributed by atoms with Crippen LogP contribution in [0.15, 0.2) is 29.1 Å². The van der Waals surface area contributed by atoms with Crippen molar-refractivity contribution in [3.8, 4) is 0 Å². The van der Waals surface area contributed by atoms with Crippen molar-refractivity contribution in [3.63, 3.8) is 0 Å². The van der Waals surface area contributed by atoms with E-state index in [9.17, 15) is 4.79 Å². The molecule has 0 fully saturated rings. The van der Waals surface area contributed by atoms with E-state index in [-0.39, 0.29) is 17.6 Å². The summed E-state index contributed by atoms with van der Waals surface area (Å²) < 4.78 is 0. The van der Waals surface area contributed by atoms with Crippen molar-refractivity contribution in [2.75, 3.05) is 0 Å². The molecule has 2 rings (SSSR count). The van der Waals surface area contributed by atoms with Gasteiger partial charge in [0, 0.05) is 22.8 Å². The predicted molar refractivity (Wildman–Crippen MR) is 85.7 cm³/mol. The summed E-state index contributed by atoms with van der Waals surface area (Å²) in [4.78, 5) is 19.2. The number of halogens is 1. The molecule has 2 unspecified atom stereocenters. The maximum absolute atomic E-state index is 12.1. The number of rotatable bonds is 4. The number of aryl methyl sites for hydroxylation is 2. The SMILES string of the molecule is Cc1nc(C)c(C(C)NC(C)c2ccccc2Cl)c(=O)[nH]1. The lowest BCUT2D eigenvalue weighted by Gasteiger charge is -2.22. The summed E-state index contributed by atoms with van der Waals surface area (Å²) in [6.07, 6.45) is 0. The zero-order chi connectivity index (χ0) is 15.6. The summed E-state index contributed by atoms with van der Waals surface area (Å²) >= 11 is 6.21. The highest BCUT2D eigenvalue weighted by atomic mass is 35.5. The summed E-state index contributed by atoms with van der Waals surface area (Å²) in [5.74, 6) is 0.632. The van der Waals surface area contributed by atoms with Gasteiger partial charge in [-0.15, -0.1) is 0 Å². The molecule has 21 heavy (non-hydrogen) atoms. The quantitative estimate of drug-likeness (QED) is 0.909. The van der Waals surface area contributed by atoms with Crippen LogP contribution in [0.3, 0.4) is 0 Å². The fourth-order valence-electron chi connectivity index (χ4n) is 2.62. The summed E-state index contributed by atoms with van der Waals surface area (Å²) in [5, 5.41) is 4.13. The van der Waals surface area contributed by atoms with Crippen LogP contribution in [0, 0.1) is 13.8 Å². The topological polar surface area (TPSA) is 57.8 Å². The smallest absolute Gasteiger partial charge is 0.255 e. The van der Waals surface area contributed by atoms with E-state index < -0.39 is 0 Å². The van der Waals surface area contributed by atoms with Crippen LogP contribution in [0.25, 0.3) is 0 Å². The van der Waals surface area contributed by atoms with Crippen molar-refractivity contribution in [2.45, 2.75) is 39.8 Å². The molecule has 0 spiro atoms. The van der Waals surface area contributed by atoms with E-state index >= 15 is 0 Å². The molecule has 1 heterocycles. The van der Waals surface area contributed by atoms with Gasteiger partial charge in [-0.2, -0.15) is 0 Å². The number of benzene rings is 1. The van der Waals surface area contributed by atoms with Gasteiger partial charge in [0.15, 0.2) is 0 Å². The fourth-order valence-corrected chi connectivity index (χ4v) is 2.92. The van der Waals surface area contributed by atoms with Crippen LogP contribution in [0.2, 0.25) is 5.02 Å². The van der Waals surface area contributed by atoms with E-state index in [1.54, 1.807) is 6.92 Å². The van der Waals surface area contributed by atoms with Gasteiger partial charge in [0.1, 0.15) is 5.82 Å². The number of nitrogens with zero attached hydrogens (tertiary/aromatic N) is 1. The molecule has 2 atom stereocenters.